The van der Waals surface area contributed by atoms with Gasteiger partial charge in [-0.1, -0.05) is 42.5 Å². The molecule has 0 atom stereocenters. The number of ether oxygens (including phenoxy) is 1. The van der Waals surface area contributed by atoms with Gasteiger partial charge in [-0.05, 0) is 19.1 Å². The van der Waals surface area contributed by atoms with Crippen LogP contribution in [0.1, 0.15) is 18.1 Å². The van der Waals surface area contributed by atoms with Crippen molar-refractivity contribution in [2.24, 2.45) is 4.99 Å². The molecule has 2 rings (SSSR count). The van der Waals surface area contributed by atoms with Crippen LogP contribution in [0.2, 0.25) is 0 Å². The van der Waals surface area contributed by atoms with E-state index in [0.29, 0.717) is 11.1 Å². The quantitative estimate of drug-likeness (QED) is 0.295. The Morgan fingerprint density at radius 2 is 1.88 bits per heavy atom. The van der Waals surface area contributed by atoms with Gasteiger partial charge >= 0.3 is 11.7 Å². The molecule has 24 heavy (non-hydrogen) atoms. The van der Waals surface area contributed by atoms with Gasteiger partial charge in [-0.25, -0.2) is 4.79 Å². The van der Waals surface area contributed by atoms with Crippen LogP contribution in [0.3, 0.4) is 0 Å². The van der Waals surface area contributed by atoms with Gasteiger partial charge in [0.25, 0.3) is 0 Å². The van der Waals surface area contributed by atoms with E-state index in [4.69, 9.17) is 10.1 Å². The summed E-state index contributed by atoms with van der Waals surface area (Å²) < 4.78 is 4.76. The Morgan fingerprint density at radius 1 is 1.21 bits per heavy atom. The van der Waals surface area contributed by atoms with E-state index >= 15 is 0 Å². The number of esters is 1. The molecule has 0 amide bonds. The Bertz CT molecular complexity index is 821. The lowest BCUT2D eigenvalue weighted by Gasteiger charge is -2.03. The lowest BCUT2D eigenvalue weighted by molar-refractivity contribution is -0.138. The minimum Gasteiger partial charge on any atom is -0.501 e. The van der Waals surface area contributed by atoms with Gasteiger partial charge in [0.2, 0.25) is 11.2 Å². The molecule has 0 radical (unpaired) electrons. The molecule has 0 aliphatic heterocycles. The molecule has 120 valence electrons. The number of aliphatic hydroxyl groups excluding tert-OH is 1. The zero-order valence-electron chi connectivity index (χ0n) is 13.1. The van der Waals surface area contributed by atoms with Crippen molar-refractivity contribution < 1.29 is 14.6 Å². The number of hydrogen-bond acceptors (Lipinski definition) is 5. The first-order valence-electron chi connectivity index (χ1n) is 7.31. The molecular formula is C18H16N3O3+. The maximum atomic E-state index is 11.8. The third-order valence-electron chi connectivity index (χ3n) is 3.12. The van der Waals surface area contributed by atoms with Gasteiger partial charge in [-0.15, -0.1) is 0 Å². The predicted molar refractivity (Wildman–Crippen MR) is 91.4 cm³/mol. The van der Waals surface area contributed by atoms with E-state index in [9.17, 15) is 9.90 Å². The zero-order chi connectivity index (χ0) is 17.4. The SMILES string of the molecule is CCOC(=O)/C([N+]#N)=C(\O)c1ccccc1C=Nc1ccccc1. The normalized spacial score (nSPS) is 11.7. The van der Waals surface area contributed by atoms with Crippen molar-refractivity contribution in [3.05, 3.63) is 76.4 Å². The van der Waals surface area contributed by atoms with Crippen LogP contribution in [-0.2, 0) is 9.53 Å². The van der Waals surface area contributed by atoms with Crippen LogP contribution in [0.4, 0.5) is 5.69 Å². The van der Waals surface area contributed by atoms with Gasteiger partial charge < -0.3 is 9.84 Å². The highest BCUT2D eigenvalue weighted by molar-refractivity contribution is 6.00. The molecule has 6 heteroatoms. The standard InChI is InChI=1S/C18H15N3O3/c1-2-24-18(23)16(21-19)17(22)15-11-7-6-8-13(15)12-20-14-9-4-3-5-10-14/h3-12H,2H2,1H3/p+1. The van der Waals surface area contributed by atoms with E-state index < -0.39 is 17.4 Å². The molecule has 0 spiro atoms. The number of carbonyl (C=O) groups excluding carboxylic acids is 1. The molecule has 0 unspecified atom stereocenters. The van der Waals surface area contributed by atoms with Crippen LogP contribution in [0, 0.1) is 5.39 Å². The third-order valence-corrected chi connectivity index (χ3v) is 3.12. The summed E-state index contributed by atoms with van der Waals surface area (Å²) in [6, 6.07) is 16.0. The van der Waals surface area contributed by atoms with E-state index in [2.05, 4.69) is 9.97 Å². The molecule has 2 aromatic carbocycles. The molecule has 0 aliphatic carbocycles. The third kappa shape index (κ3) is 4.05. The van der Waals surface area contributed by atoms with Gasteiger partial charge in [-0.2, -0.15) is 0 Å². The summed E-state index contributed by atoms with van der Waals surface area (Å²) in [6.07, 6.45) is 1.56. The Labute approximate surface area is 139 Å². The van der Waals surface area contributed by atoms with Crippen molar-refractivity contribution in [3.63, 3.8) is 0 Å². The second kappa shape index (κ2) is 8.25. The van der Waals surface area contributed by atoms with Crippen molar-refractivity contribution >= 4 is 23.6 Å². The average molecular weight is 322 g/mol. The van der Waals surface area contributed by atoms with Gasteiger partial charge in [0, 0.05) is 17.3 Å². The summed E-state index contributed by atoms with van der Waals surface area (Å²) in [7, 11) is 0. The van der Waals surface area contributed by atoms with Crippen LogP contribution >= 0.6 is 0 Å². The summed E-state index contributed by atoms with van der Waals surface area (Å²) in [4.78, 5) is 18.9. The molecule has 0 saturated carbocycles. The molecule has 0 fully saturated rings. The topological polar surface area (TPSA) is 87.0 Å². The maximum absolute atomic E-state index is 11.8. The van der Waals surface area contributed by atoms with Crippen molar-refractivity contribution in [2.75, 3.05) is 6.61 Å². The van der Waals surface area contributed by atoms with Crippen molar-refractivity contribution in [2.45, 2.75) is 6.92 Å². The largest absolute Gasteiger partial charge is 0.510 e. The fourth-order valence-electron chi connectivity index (χ4n) is 2.00. The van der Waals surface area contributed by atoms with Crippen LogP contribution in [0.15, 0.2) is 65.3 Å². The summed E-state index contributed by atoms with van der Waals surface area (Å²) in [5.41, 5.74) is 1.05. The van der Waals surface area contributed by atoms with Crippen molar-refractivity contribution in [1.29, 1.82) is 5.39 Å². The van der Waals surface area contributed by atoms with Gasteiger partial charge in [-0.3, -0.25) is 4.99 Å². The number of aliphatic imine (C=N–C) groups is 1. The van der Waals surface area contributed by atoms with Crippen LogP contribution in [0.5, 0.6) is 0 Å². The van der Waals surface area contributed by atoms with Crippen LogP contribution < -0.4 is 0 Å². The molecule has 1 N–H and O–H groups in total. The van der Waals surface area contributed by atoms with Crippen LogP contribution in [-0.4, -0.2) is 23.9 Å². The summed E-state index contributed by atoms with van der Waals surface area (Å²) in [6.45, 7) is 1.71. The van der Waals surface area contributed by atoms with Crippen molar-refractivity contribution in [1.82, 2.24) is 0 Å². The van der Waals surface area contributed by atoms with Gasteiger partial charge in [0.05, 0.1) is 12.3 Å². The number of hydrogen-bond donors (Lipinski definition) is 1. The monoisotopic (exact) mass is 322 g/mol. The first kappa shape index (κ1) is 16.9. The van der Waals surface area contributed by atoms with Gasteiger partial charge in [0.1, 0.15) is 0 Å². The number of benzene rings is 2. The molecule has 0 bridgehead atoms. The number of nitrogens with zero attached hydrogens (tertiary/aromatic N) is 3. The maximum Gasteiger partial charge on any atom is 0.510 e. The number of aliphatic hydroxyl groups is 1. The fourth-order valence-corrected chi connectivity index (χ4v) is 2.00. The number of carbonyl (C=O) groups is 1. The molecule has 0 aliphatic rings. The fraction of sp³-hybridized carbons (Fsp3) is 0.111. The van der Waals surface area contributed by atoms with Gasteiger partial charge in [0.15, 0.2) is 4.98 Å². The lowest BCUT2D eigenvalue weighted by atomic mass is 10.1. The Kier molecular flexibility index (Phi) is 5.81. The summed E-state index contributed by atoms with van der Waals surface area (Å²) >= 11 is 0. The second-order valence-electron chi connectivity index (χ2n) is 4.70. The van der Waals surface area contributed by atoms with E-state index in [1.807, 2.05) is 30.3 Å². The molecule has 2 aromatic rings. The van der Waals surface area contributed by atoms with E-state index in [1.165, 1.54) is 0 Å². The Morgan fingerprint density at radius 3 is 2.54 bits per heavy atom. The minimum atomic E-state index is -0.910. The molecular weight excluding hydrogens is 306 g/mol. The highest BCUT2D eigenvalue weighted by atomic mass is 16.5. The highest BCUT2D eigenvalue weighted by Gasteiger charge is 2.32. The Balaban J connectivity index is 2.43. The lowest BCUT2D eigenvalue weighted by Crippen LogP contribution is -2.08. The van der Waals surface area contributed by atoms with E-state index in [1.54, 1.807) is 37.4 Å². The molecule has 0 saturated heterocycles. The average Bonchev–Trinajstić information content (AvgIpc) is 2.62. The zero-order valence-corrected chi connectivity index (χ0v) is 13.1. The minimum absolute atomic E-state index is 0.0995. The molecule has 0 aromatic heterocycles. The molecule has 6 nitrogen and oxygen atoms in total. The summed E-state index contributed by atoms with van der Waals surface area (Å²) in [5.74, 6) is -1.39. The van der Waals surface area contributed by atoms with Crippen molar-refractivity contribution in [3.8, 4) is 0 Å². The highest BCUT2D eigenvalue weighted by Crippen LogP contribution is 2.22. The molecule has 0 heterocycles. The van der Waals surface area contributed by atoms with E-state index in [0.717, 1.165) is 5.69 Å². The Hall–Kier alpha value is -3.46. The first-order valence-corrected chi connectivity index (χ1v) is 7.31. The van der Waals surface area contributed by atoms with E-state index in [-0.39, 0.29) is 6.61 Å². The summed E-state index contributed by atoms with van der Waals surface area (Å²) in [5, 5.41) is 19.3. The number of para-hydroxylation sites is 1. The van der Waals surface area contributed by atoms with Crippen LogP contribution in [0.25, 0.3) is 10.7 Å². The first-order chi connectivity index (χ1) is 11.7. The smallest absolute Gasteiger partial charge is 0.501 e. The predicted octanol–water partition coefficient (Wildman–Crippen LogP) is 4.08. The second-order valence-corrected chi connectivity index (χ2v) is 4.70. The number of diazo groups is 1. The number of rotatable bonds is 5.